The average molecular weight is 270 g/mol. The van der Waals surface area contributed by atoms with Gasteiger partial charge in [0.05, 0.1) is 0 Å². The predicted molar refractivity (Wildman–Crippen MR) is 73.5 cm³/mol. The summed E-state index contributed by atoms with van der Waals surface area (Å²) < 4.78 is 0. The highest BCUT2D eigenvalue weighted by atomic mass is 32.2. The molecule has 0 saturated carbocycles. The number of hydrogen-bond acceptors (Lipinski definition) is 3. The van der Waals surface area contributed by atoms with Crippen LogP contribution >= 0.6 is 11.8 Å². The Kier molecular flexibility index (Phi) is 4.20. The van der Waals surface area contributed by atoms with E-state index in [0.717, 1.165) is 31.6 Å². The number of thioether (sulfide) groups is 1. The van der Waals surface area contributed by atoms with E-state index in [0.29, 0.717) is 0 Å². The second-order valence-corrected chi connectivity index (χ2v) is 6.18. The number of rotatable bonds is 3. The lowest BCUT2D eigenvalue weighted by Crippen LogP contribution is -2.66. The molecule has 2 aliphatic rings. The van der Waals surface area contributed by atoms with Crippen molar-refractivity contribution in [3.63, 3.8) is 0 Å². The van der Waals surface area contributed by atoms with Crippen molar-refractivity contribution in [3.8, 4) is 0 Å². The van der Waals surface area contributed by atoms with Gasteiger partial charge in [0.1, 0.15) is 12.1 Å². The Balaban J connectivity index is 2.21. The maximum atomic E-state index is 12.6. The fraction of sp³-hybridized carbons (Fsp3) is 0.846. The van der Waals surface area contributed by atoms with Gasteiger partial charge in [0.2, 0.25) is 11.8 Å². The van der Waals surface area contributed by atoms with Crippen molar-refractivity contribution in [1.82, 2.24) is 9.80 Å². The van der Waals surface area contributed by atoms with Gasteiger partial charge in [-0.2, -0.15) is 11.8 Å². The molecule has 0 aromatic heterocycles. The summed E-state index contributed by atoms with van der Waals surface area (Å²) in [6, 6.07) is -0.351. The molecular formula is C13H22N2O2S. The van der Waals surface area contributed by atoms with Crippen LogP contribution in [0.15, 0.2) is 0 Å². The lowest BCUT2D eigenvalue weighted by molar-refractivity contribution is -0.164. The molecule has 0 aromatic rings. The molecule has 102 valence electrons. The summed E-state index contributed by atoms with van der Waals surface area (Å²) in [5.74, 6) is 1.17. The zero-order valence-corrected chi connectivity index (χ0v) is 12.2. The highest BCUT2D eigenvalue weighted by Crippen LogP contribution is 2.27. The lowest BCUT2D eigenvalue weighted by Gasteiger charge is -2.48. The first kappa shape index (κ1) is 13.7. The number of carbonyl (C=O) groups excluding carboxylic acids is 2. The molecule has 2 aliphatic heterocycles. The number of nitrogens with zero attached hydrogens (tertiary/aromatic N) is 2. The quantitative estimate of drug-likeness (QED) is 0.777. The van der Waals surface area contributed by atoms with Crippen LogP contribution in [0.5, 0.6) is 0 Å². The van der Waals surface area contributed by atoms with Gasteiger partial charge in [0, 0.05) is 18.3 Å². The fourth-order valence-corrected chi connectivity index (χ4v) is 3.74. The second kappa shape index (κ2) is 5.51. The van der Waals surface area contributed by atoms with Crippen molar-refractivity contribution in [3.05, 3.63) is 0 Å². The highest BCUT2D eigenvalue weighted by molar-refractivity contribution is 7.98. The molecule has 3 atom stereocenters. The third kappa shape index (κ3) is 2.25. The standard InChI is InChI=1S/C13H22N2O2S/c1-9(8-18-3)15-10(2)12(16)14-7-5-4-6-11(14)13(15)17/h9-11H,4-8H2,1-3H3. The SMILES string of the molecule is CSCC(C)N1C(=O)C2CCCCN2C(=O)C1C. The Morgan fingerprint density at radius 2 is 2.06 bits per heavy atom. The Hall–Kier alpha value is -0.710. The molecule has 0 spiro atoms. The summed E-state index contributed by atoms with van der Waals surface area (Å²) in [4.78, 5) is 28.5. The Morgan fingerprint density at radius 1 is 1.33 bits per heavy atom. The number of piperazine rings is 1. The Morgan fingerprint density at radius 3 is 2.72 bits per heavy atom. The topological polar surface area (TPSA) is 40.6 Å². The normalized spacial score (nSPS) is 30.4. The molecular weight excluding hydrogens is 248 g/mol. The van der Waals surface area contributed by atoms with Crippen molar-refractivity contribution in [1.29, 1.82) is 0 Å². The molecule has 0 aliphatic carbocycles. The largest absolute Gasteiger partial charge is 0.329 e. The highest BCUT2D eigenvalue weighted by Gasteiger charge is 2.45. The molecule has 2 amide bonds. The van der Waals surface area contributed by atoms with Gasteiger partial charge in [0.15, 0.2) is 0 Å². The van der Waals surface area contributed by atoms with Crippen molar-refractivity contribution in [2.75, 3.05) is 18.6 Å². The molecule has 0 radical (unpaired) electrons. The van der Waals surface area contributed by atoms with Crippen LogP contribution in [0.2, 0.25) is 0 Å². The monoisotopic (exact) mass is 270 g/mol. The van der Waals surface area contributed by atoms with Gasteiger partial charge >= 0.3 is 0 Å². The third-order valence-electron chi connectivity index (χ3n) is 3.98. The summed E-state index contributed by atoms with van der Waals surface area (Å²) in [7, 11) is 0. The Labute approximate surface area is 113 Å². The fourth-order valence-electron chi connectivity index (χ4n) is 3.09. The van der Waals surface area contributed by atoms with Gasteiger partial charge in [-0.25, -0.2) is 0 Å². The van der Waals surface area contributed by atoms with Gasteiger partial charge in [-0.05, 0) is 39.4 Å². The van der Waals surface area contributed by atoms with Gasteiger partial charge in [-0.15, -0.1) is 0 Å². The van der Waals surface area contributed by atoms with Crippen LogP contribution in [-0.4, -0.2) is 58.3 Å². The summed E-state index contributed by atoms with van der Waals surface area (Å²) in [6.45, 7) is 4.66. The molecule has 4 nitrogen and oxygen atoms in total. The molecule has 0 aromatic carbocycles. The summed E-state index contributed by atoms with van der Waals surface area (Å²) in [5.41, 5.74) is 0. The maximum absolute atomic E-state index is 12.6. The molecule has 5 heteroatoms. The van der Waals surface area contributed by atoms with Gasteiger partial charge in [-0.3, -0.25) is 9.59 Å². The average Bonchev–Trinajstić information content (AvgIpc) is 2.37. The minimum atomic E-state index is -0.297. The number of carbonyl (C=O) groups is 2. The van der Waals surface area contributed by atoms with E-state index in [1.54, 1.807) is 16.7 Å². The summed E-state index contributed by atoms with van der Waals surface area (Å²) in [5, 5.41) is 0. The number of amides is 2. The molecule has 18 heavy (non-hydrogen) atoms. The number of piperidine rings is 1. The van der Waals surface area contributed by atoms with Crippen LogP contribution in [-0.2, 0) is 9.59 Å². The summed E-state index contributed by atoms with van der Waals surface area (Å²) in [6.07, 6.45) is 4.95. The molecule has 2 heterocycles. The van der Waals surface area contributed by atoms with Crippen LogP contribution in [0, 0.1) is 0 Å². The minimum Gasteiger partial charge on any atom is -0.329 e. The van der Waals surface area contributed by atoms with E-state index < -0.39 is 0 Å². The minimum absolute atomic E-state index is 0.132. The van der Waals surface area contributed by atoms with E-state index in [4.69, 9.17) is 0 Å². The number of hydrogen-bond donors (Lipinski definition) is 0. The second-order valence-electron chi connectivity index (χ2n) is 5.27. The molecule has 2 fully saturated rings. The summed E-state index contributed by atoms with van der Waals surface area (Å²) >= 11 is 1.72. The first-order valence-electron chi connectivity index (χ1n) is 6.69. The predicted octanol–water partition coefficient (Wildman–Crippen LogP) is 1.35. The third-order valence-corrected chi connectivity index (χ3v) is 4.80. The van der Waals surface area contributed by atoms with E-state index in [2.05, 4.69) is 0 Å². The maximum Gasteiger partial charge on any atom is 0.246 e. The van der Waals surface area contributed by atoms with Crippen LogP contribution < -0.4 is 0 Å². The van der Waals surface area contributed by atoms with E-state index in [1.807, 2.05) is 25.0 Å². The van der Waals surface area contributed by atoms with Crippen LogP contribution in [0.4, 0.5) is 0 Å². The zero-order chi connectivity index (χ0) is 13.3. The lowest BCUT2D eigenvalue weighted by atomic mass is 9.95. The van der Waals surface area contributed by atoms with Crippen molar-refractivity contribution in [2.45, 2.75) is 51.2 Å². The van der Waals surface area contributed by atoms with Crippen molar-refractivity contribution in [2.24, 2.45) is 0 Å². The van der Waals surface area contributed by atoms with Crippen molar-refractivity contribution >= 4 is 23.6 Å². The van der Waals surface area contributed by atoms with Gasteiger partial charge in [-0.1, -0.05) is 0 Å². The van der Waals surface area contributed by atoms with Crippen LogP contribution in [0.3, 0.4) is 0 Å². The molecule has 2 saturated heterocycles. The van der Waals surface area contributed by atoms with Crippen molar-refractivity contribution < 1.29 is 9.59 Å². The van der Waals surface area contributed by atoms with Gasteiger partial charge in [0.25, 0.3) is 0 Å². The van der Waals surface area contributed by atoms with E-state index in [9.17, 15) is 9.59 Å². The zero-order valence-electron chi connectivity index (χ0n) is 11.4. The van der Waals surface area contributed by atoms with Gasteiger partial charge < -0.3 is 9.80 Å². The van der Waals surface area contributed by atoms with E-state index >= 15 is 0 Å². The molecule has 2 rings (SSSR count). The van der Waals surface area contributed by atoms with E-state index in [1.165, 1.54) is 0 Å². The first-order chi connectivity index (χ1) is 8.57. The first-order valence-corrected chi connectivity index (χ1v) is 8.09. The van der Waals surface area contributed by atoms with Crippen LogP contribution in [0.25, 0.3) is 0 Å². The van der Waals surface area contributed by atoms with Crippen LogP contribution in [0.1, 0.15) is 33.1 Å². The molecule has 3 unspecified atom stereocenters. The molecule has 0 bridgehead atoms. The molecule has 0 N–H and O–H groups in total. The smallest absolute Gasteiger partial charge is 0.246 e. The number of fused-ring (bicyclic) bond motifs is 1. The Bertz CT molecular complexity index is 348. The van der Waals surface area contributed by atoms with E-state index in [-0.39, 0.29) is 29.9 Å².